The summed E-state index contributed by atoms with van der Waals surface area (Å²) in [5.74, 6) is -0.0561. The fraction of sp³-hybridized carbons (Fsp3) is 0.909. The fourth-order valence-corrected chi connectivity index (χ4v) is 2.60. The Labute approximate surface area is 99.2 Å². The average Bonchev–Trinajstić information content (AvgIpc) is 2.92. The maximum absolute atomic E-state index is 12.7. The van der Waals surface area contributed by atoms with Gasteiger partial charge < -0.3 is 9.64 Å². The number of rotatable bonds is 2. The van der Waals surface area contributed by atoms with Crippen LogP contribution in [-0.2, 0) is 14.4 Å². The van der Waals surface area contributed by atoms with Gasteiger partial charge in [0.25, 0.3) is 0 Å². The summed E-state index contributed by atoms with van der Waals surface area (Å²) in [6, 6.07) is -0.336. The van der Waals surface area contributed by atoms with Crippen molar-refractivity contribution < 1.29 is 18.8 Å². The second kappa shape index (κ2) is 4.51. The van der Waals surface area contributed by atoms with Crippen LogP contribution < -0.4 is 5.48 Å². The lowest BCUT2D eigenvalue weighted by Crippen LogP contribution is -2.56. The van der Waals surface area contributed by atoms with Crippen molar-refractivity contribution >= 4 is 5.91 Å². The first-order valence-corrected chi connectivity index (χ1v) is 6.19. The zero-order valence-corrected chi connectivity index (χ0v) is 9.60. The Morgan fingerprint density at radius 3 is 2.82 bits per heavy atom. The van der Waals surface area contributed by atoms with Gasteiger partial charge in [0.15, 0.2) is 0 Å². The standard InChI is InChI=1S/C11H17FN2O3/c12-7-5-14(6-7)11(15)8-4-10(17-13-8)9-2-1-3-16-9/h7-10,13H,1-6H2. The first-order chi connectivity index (χ1) is 8.24. The lowest BCUT2D eigenvalue weighted by atomic mass is 10.0. The van der Waals surface area contributed by atoms with Crippen LogP contribution in [0.25, 0.3) is 0 Å². The molecule has 3 heterocycles. The zero-order chi connectivity index (χ0) is 11.8. The molecule has 0 saturated carbocycles. The van der Waals surface area contributed by atoms with Crippen molar-refractivity contribution in [1.29, 1.82) is 0 Å². The van der Waals surface area contributed by atoms with E-state index in [2.05, 4.69) is 5.48 Å². The van der Waals surface area contributed by atoms with Crippen LogP contribution in [-0.4, -0.2) is 54.9 Å². The van der Waals surface area contributed by atoms with Gasteiger partial charge in [0.05, 0.1) is 19.2 Å². The van der Waals surface area contributed by atoms with Crippen molar-refractivity contribution in [1.82, 2.24) is 10.4 Å². The molecule has 0 aromatic rings. The smallest absolute Gasteiger partial charge is 0.242 e. The third kappa shape index (κ3) is 2.17. The molecule has 17 heavy (non-hydrogen) atoms. The highest BCUT2D eigenvalue weighted by atomic mass is 19.1. The Morgan fingerprint density at radius 2 is 2.18 bits per heavy atom. The molecule has 3 atom stereocenters. The molecule has 0 aliphatic carbocycles. The number of hydroxylamine groups is 1. The predicted molar refractivity (Wildman–Crippen MR) is 56.9 cm³/mol. The van der Waals surface area contributed by atoms with Crippen LogP contribution in [0.5, 0.6) is 0 Å². The van der Waals surface area contributed by atoms with Crippen molar-refractivity contribution in [3.05, 3.63) is 0 Å². The molecule has 6 heteroatoms. The van der Waals surface area contributed by atoms with Gasteiger partial charge in [-0.2, -0.15) is 5.48 Å². The molecule has 0 aromatic heterocycles. The molecule has 3 aliphatic rings. The highest BCUT2D eigenvalue weighted by Gasteiger charge is 2.41. The van der Waals surface area contributed by atoms with Gasteiger partial charge in [0.2, 0.25) is 5.91 Å². The maximum atomic E-state index is 12.7. The van der Waals surface area contributed by atoms with E-state index in [-0.39, 0.29) is 37.2 Å². The topological polar surface area (TPSA) is 50.8 Å². The number of hydrogen-bond acceptors (Lipinski definition) is 4. The lowest BCUT2D eigenvalue weighted by molar-refractivity contribution is -0.142. The molecule has 3 unspecified atom stereocenters. The number of halogens is 1. The van der Waals surface area contributed by atoms with E-state index in [1.54, 1.807) is 0 Å². The maximum Gasteiger partial charge on any atom is 0.242 e. The molecule has 5 nitrogen and oxygen atoms in total. The van der Waals surface area contributed by atoms with Crippen LogP contribution in [0.15, 0.2) is 0 Å². The van der Waals surface area contributed by atoms with Gasteiger partial charge >= 0.3 is 0 Å². The van der Waals surface area contributed by atoms with Gasteiger partial charge in [-0.25, -0.2) is 4.39 Å². The average molecular weight is 244 g/mol. The van der Waals surface area contributed by atoms with E-state index in [0.717, 1.165) is 19.4 Å². The summed E-state index contributed by atoms with van der Waals surface area (Å²) in [7, 11) is 0. The second-order valence-electron chi connectivity index (χ2n) is 4.95. The van der Waals surface area contributed by atoms with Gasteiger partial charge in [-0.3, -0.25) is 9.63 Å². The van der Waals surface area contributed by atoms with Gasteiger partial charge in [-0.15, -0.1) is 0 Å². The Kier molecular flexibility index (Phi) is 3.02. The fourth-order valence-electron chi connectivity index (χ4n) is 2.60. The molecule has 3 aliphatic heterocycles. The normalized spacial score (nSPS) is 38.4. The van der Waals surface area contributed by atoms with Crippen molar-refractivity contribution in [2.45, 2.75) is 43.7 Å². The first kappa shape index (κ1) is 11.4. The summed E-state index contributed by atoms with van der Waals surface area (Å²) in [5.41, 5.74) is 2.75. The SMILES string of the molecule is O=C(C1CC(C2CCCO2)ON1)N1CC(F)C1. The molecule has 1 amide bonds. The van der Waals surface area contributed by atoms with E-state index in [9.17, 15) is 9.18 Å². The minimum absolute atomic E-state index is 0.0473. The molecule has 96 valence electrons. The molecular weight excluding hydrogens is 227 g/mol. The number of amides is 1. The Hall–Kier alpha value is -0.720. The lowest BCUT2D eigenvalue weighted by Gasteiger charge is -2.35. The van der Waals surface area contributed by atoms with Gasteiger partial charge in [-0.1, -0.05) is 0 Å². The number of nitrogens with one attached hydrogen (secondary N) is 1. The number of alkyl halides is 1. The van der Waals surface area contributed by atoms with Gasteiger partial charge in [-0.05, 0) is 12.8 Å². The predicted octanol–water partition coefficient (Wildman–Crippen LogP) is 0.00780. The molecule has 0 spiro atoms. The summed E-state index contributed by atoms with van der Waals surface area (Å²) < 4.78 is 18.2. The third-order valence-corrected chi connectivity index (χ3v) is 3.66. The number of ether oxygens (including phenoxy) is 1. The molecular formula is C11H17FN2O3. The van der Waals surface area contributed by atoms with E-state index in [4.69, 9.17) is 9.57 Å². The van der Waals surface area contributed by atoms with Crippen molar-refractivity contribution in [2.24, 2.45) is 0 Å². The summed E-state index contributed by atoms with van der Waals surface area (Å²) in [6.45, 7) is 1.22. The van der Waals surface area contributed by atoms with E-state index < -0.39 is 6.17 Å². The van der Waals surface area contributed by atoms with Crippen LogP contribution in [0.4, 0.5) is 4.39 Å². The largest absolute Gasteiger partial charge is 0.375 e. The highest BCUT2D eigenvalue weighted by Crippen LogP contribution is 2.25. The number of carbonyl (C=O) groups is 1. The van der Waals surface area contributed by atoms with E-state index >= 15 is 0 Å². The molecule has 3 fully saturated rings. The Bertz CT molecular complexity index is 303. The number of carbonyl (C=O) groups excluding carboxylic acids is 1. The molecule has 3 saturated heterocycles. The van der Waals surface area contributed by atoms with Crippen LogP contribution in [0.3, 0.4) is 0 Å². The summed E-state index contributed by atoms with van der Waals surface area (Å²) in [4.78, 5) is 18.8. The van der Waals surface area contributed by atoms with Gasteiger partial charge in [0.1, 0.15) is 18.3 Å². The Balaban J connectivity index is 1.51. The molecule has 3 rings (SSSR count). The van der Waals surface area contributed by atoms with Gasteiger partial charge in [0, 0.05) is 13.0 Å². The highest BCUT2D eigenvalue weighted by molar-refractivity contribution is 5.82. The molecule has 1 N–H and O–H groups in total. The van der Waals surface area contributed by atoms with E-state index in [0.29, 0.717) is 6.42 Å². The quantitative estimate of drug-likeness (QED) is 0.743. The Morgan fingerprint density at radius 1 is 1.35 bits per heavy atom. The van der Waals surface area contributed by atoms with Crippen LogP contribution in [0.1, 0.15) is 19.3 Å². The minimum Gasteiger partial charge on any atom is -0.375 e. The summed E-state index contributed by atoms with van der Waals surface area (Å²) >= 11 is 0. The monoisotopic (exact) mass is 244 g/mol. The summed E-state index contributed by atoms with van der Waals surface area (Å²) in [6.07, 6.45) is 1.87. The van der Waals surface area contributed by atoms with Crippen LogP contribution in [0, 0.1) is 0 Å². The second-order valence-corrected chi connectivity index (χ2v) is 4.95. The van der Waals surface area contributed by atoms with E-state index in [1.165, 1.54) is 4.90 Å². The number of likely N-dealkylation sites (tertiary alicyclic amines) is 1. The molecule has 0 aromatic carbocycles. The van der Waals surface area contributed by atoms with Crippen molar-refractivity contribution in [3.63, 3.8) is 0 Å². The van der Waals surface area contributed by atoms with Crippen LogP contribution >= 0.6 is 0 Å². The number of nitrogens with zero attached hydrogens (tertiary/aromatic N) is 1. The summed E-state index contributed by atoms with van der Waals surface area (Å²) in [5, 5.41) is 0. The van der Waals surface area contributed by atoms with Crippen molar-refractivity contribution in [2.75, 3.05) is 19.7 Å². The molecule has 0 radical (unpaired) electrons. The first-order valence-electron chi connectivity index (χ1n) is 6.19. The van der Waals surface area contributed by atoms with E-state index in [1.807, 2.05) is 0 Å². The third-order valence-electron chi connectivity index (χ3n) is 3.66. The van der Waals surface area contributed by atoms with Crippen molar-refractivity contribution in [3.8, 4) is 0 Å². The molecule has 0 bridgehead atoms. The van der Waals surface area contributed by atoms with Crippen LogP contribution in [0.2, 0.25) is 0 Å². The zero-order valence-electron chi connectivity index (χ0n) is 9.60. The minimum atomic E-state index is -0.852. The number of hydrogen-bond donors (Lipinski definition) is 1.